The molecule has 6 atom stereocenters. The molecule has 1 saturated heterocycles. The second kappa shape index (κ2) is 9.66. The van der Waals surface area contributed by atoms with Crippen molar-refractivity contribution in [2.75, 3.05) is 13.7 Å². The normalized spacial score (nSPS) is 29.8. The Bertz CT molecular complexity index is 1380. The molecule has 2 aromatic rings. The Balaban J connectivity index is 1.69. The van der Waals surface area contributed by atoms with Crippen molar-refractivity contribution < 1.29 is 54.1 Å². The van der Waals surface area contributed by atoms with E-state index in [9.17, 15) is 39.9 Å². The molecule has 5 rings (SSSR count). The zero-order valence-electron chi connectivity index (χ0n) is 21.2. The van der Waals surface area contributed by atoms with E-state index in [1.807, 2.05) is 0 Å². The van der Waals surface area contributed by atoms with Crippen molar-refractivity contribution in [3.05, 3.63) is 51.6 Å². The van der Waals surface area contributed by atoms with Gasteiger partial charge in [-0.3, -0.25) is 14.4 Å². The van der Waals surface area contributed by atoms with Crippen LogP contribution in [0, 0.1) is 0 Å². The van der Waals surface area contributed by atoms with Crippen LogP contribution in [-0.2, 0) is 20.7 Å². The minimum absolute atomic E-state index is 0.0173. The van der Waals surface area contributed by atoms with Gasteiger partial charge in [0.05, 0.1) is 42.1 Å². The van der Waals surface area contributed by atoms with Crippen molar-refractivity contribution in [2.24, 2.45) is 5.73 Å². The van der Waals surface area contributed by atoms with Crippen LogP contribution in [0.3, 0.4) is 0 Å². The van der Waals surface area contributed by atoms with Gasteiger partial charge in [-0.25, -0.2) is 0 Å². The summed E-state index contributed by atoms with van der Waals surface area (Å²) in [6.07, 6.45) is -5.12. The summed E-state index contributed by atoms with van der Waals surface area (Å²) in [7, 11) is 1.32. The SMILES string of the molecule is COc1cccc2c1C(=O)c1c(O)c3c(c(O)c1C2=O)C[C@@](O)(C(=O)CO)C[C@@H]3O[C@H]1C[C@H](N)[C@@H](O)C(C)O1. The molecule has 0 aromatic heterocycles. The lowest BCUT2D eigenvalue weighted by atomic mass is 9.72. The zero-order chi connectivity index (χ0) is 28.4. The molecular formula is C27H29NO11. The highest BCUT2D eigenvalue weighted by atomic mass is 16.7. The number of carbonyl (C=O) groups excluding carboxylic acids is 3. The standard InChI is InChI=1S/C27H29NO11/c1-10-22(31)13(28)6-17(38-10)39-15-8-27(36,16(30)9-29)7-12-19(15)26(35)21-20(24(12)33)23(32)11-4-3-5-14(37-2)18(11)25(21)34/h3-5,10,13,15,17,22,29,31,33,35-36H,6-9,28H2,1-2H3/t10?,13-,15-,17-,22-,27-/m0/s1. The predicted molar refractivity (Wildman–Crippen MR) is 132 cm³/mol. The predicted octanol–water partition coefficient (Wildman–Crippen LogP) is 0.00130. The highest BCUT2D eigenvalue weighted by Crippen LogP contribution is 2.52. The molecule has 3 aliphatic rings. The summed E-state index contributed by atoms with van der Waals surface area (Å²) < 4.78 is 17.0. The molecule has 0 bridgehead atoms. The van der Waals surface area contributed by atoms with E-state index in [1.54, 1.807) is 6.92 Å². The largest absolute Gasteiger partial charge is 0.507 e. The number of aliphatic hydroxyl groups is 3. The fraction of sp³-hybridized carbons (Fsp3) is 0.444. The number of methoxy groups -OCH3 is 1. The number of phenolic OH excluding ortho intramolecular Hbond substituents is 2. The van der Waals surface area contributed by atoms with Gasteiger partial charge in [-0.15, -0.1) is 0 Å². The first kappa shape index (κ1) is 27.2. The fourth-order valence-electron chi connectivity index (χ4n) is 5.75. The van der Waals surface area contributed by atoms with E-state index < -0.39 is 95.7 Å². The molecular weight excluding hydrogens is 514 g/mol. The Hall–Kier alpha value is -3.39. The first-order chi connectivity index (χ1) is 18.4. The van der Waals surface area contributed by atoms with Crippen LogP contribution in [0.2, 0.25) is 0 Å². The third kappa shape index (κ3) is 4.11. The molecule has 39 heavy (non-hydrogen) atoms. The van der Waals surface area contributed by atoms with Gasteiger partial charge < -0.3 is 45.5 Å². The van der Waals surface area contributed by atoms with Crippen molar-refractivity contribution in [3.63, 3.8) is 0 Å². The van der Waals surface area contributed by atoms with E-state index in [-0.39, 0.29) is 34.4 Å². The van der Waals surface area contributed by atoms with Crippen molar-refractivity contribution in [3.8, 4) is 17.2 Å². The number of aliphatic hydroxyl groups excluding tert-OH is 2. The first-order valence-electron chi connectivity index (χ1n) is 12.4. The van der Waals surface area contributed by atoms with Gasteiger partial charge in [0.15, 0.2) is 17.9 Å². The van der Waals surface area contributed by atoms with E-state index >= 15 is 0 Å². The third-order valence-electron chi connectivity index (χ3n) is 7.81. The monoisotopic (exact) mass is 543 g/mol. The Kier molecular flexibility index (Phi) is 6.74. The molecule has 12 nitrogen and oxygen atoms in total. The van der Waals surface area contributed by atoms with Crippen LogP contribution in [0.25, 0.3) is 0 Å². The summed E-state index contributed by atoms with van der Waals surface area (Å²) in [6, 6.07) is 3.64. The van der Waals surface area contributed by atoms with E-state index in [4.69, 9.17) is 19.9 Å². The minimum Gasteiger partial charge on any atom is -0.507 e. The molecule has 0 radical (unpaired) electrons. The number of hydrogen-bond acceptors (Lipinski definition) is 12. The number of phenols is 2. The van der Waals surface area contributed by atoms with Gasteiger partial charge >= 0.3 is 0 Å². The fourth-order valence-corrected chi connectivity index (χ4v) is 5.75. The summed E-state index contributed by atoms with van der Waals surface area (Å²) in [5, 5.41) is 53.7. The van der Waals surface area contributed by atoms with Crippen molar-refractivity contribution in [1.29, 1.82) is 0 Å². The third-order valence-corrected chi connectivity index (χ3v) is 7.81. The van der Waals surface area contributed by atoms with E-state index in [2.05, 4.69) is 0 Å². The molecule has 0 saturated carbocycles. The summed E-state index contributed by atoms with van der Waals surface area (Å²) in [4.78, 5) is 39.7. The summed E-state index contributed by atoms with van der Waals surface area (Å²) in [6.45, 7) is 0.560. The summed E-state index contributed by atoms with van der Waals surface area (Å²) in [5.41, 5.74) is 2.37. The van der Waals surface area contributed by atoms with E-state index in [0.717, 1.165) is 0 Å². The number of fused-ring (bicyclic) bond motifs is 3. The second-order valence-electron chi connectivity index (χ2n) is 10.2. The van der Waals surface area contributed by atoms with Gasteiger partial charge in [-0.05, 0) is 13.0 Å². The number of nitrogens with two attached hydrogens (primary N) is 1. The van der Waals surface area contributed by atoms with Crippen LogP contribution in [0.5, 0.6) is 17.2 Å². The molecule has 0 spiro atoms. The average Bonchev–Trinajstić information content (AvgIpc) is 2.90. The Morgan fingerprint density at radius 3 is 2.49 bits per heavy atom. The van der Waals surface area contributed by atoms with Crippen LogP contribution < -0.4 is 10.5 Å². The van der Waals surface area contributed by atoms with Crippen molar-refractivity contribution in [2.45, 2.75) is 62.4 Å². The molecule has 1 heterocycles. The average molecular weight is 544 g/mol. The highest BCUT2D eigenvalue weighted by molar-refractivity contribution is 6.31. The van der Waals surface area contributed by atoms with Gasteiger partial charge in [-0.1, -0.05) is 12.1 Å². The molecule has 1 fully saturated rings. The number of ether oxygens (including phenoxy) is 3. The lowest BCUT2D eigenvalue weighted by Gasteiger charge is -2.42. The molecule has 1 aliphatic heterocycles. The maximum atomic E-state index is 13.6. The summed E-state index contributed by atoms with van der Waals surface area (Å²) >= 11 is 0. The van der Waals surface area contributed by atoms with E-state index in [0.29, 0.717) is 0 Å². The van der Waals surface area contributed by atoms with Crippen LogP contribution in [0.1, 0.15) is 68.8 Å². The Morgan fingerprint density at radius 2 is 1.85 bits per heavy atom. The smallest absolute Gasteiger partial charge is 0.202 e. The van der Waals surface area contributed by atoms with Crippen molar-refractivity contribution in [1.82, 2.24) is 0 Å². The van der Waals surface area contributed by atoms with Crippen LogP contribution in [0.4, 0.5) is 0 Å². The van der Waals surface area contributed by atoms with E-state index in [1.165, 1.54) is 25.3 Å². The Morgan fingerprint density at radius 1 is 1.15 bits per heavy atom. The van der Waals surface area contributed by atoms with Gasteiger partial charge in [-0.2, -0.15) is 0 Å². The van der Waals surface area contributed by atoms with Gasteiger partial charge in [0.2, 0.25) is 5.78 Å². The maximum Gasteiger partial charge on any atom is 0.202 e. The quantitative estimate of drug-likeness (QED) is 0.235. The zero-order valence-corrected chi connectivity index (χ0v) is 21.2. The Labute approximate surface area is 222 Å². The van der Waals surface area contributed by atoms with Gasteiger partial charge in [0.1, 0.15) is 29.5 Å². The molecule has 7 N–H and O–H groups in total. The number of hydrogen-bond donors (Lipinski definition) is 6. The maximum absolute atomic E-state index is 13.6. The molecule has 12 heteroatoms. The topological polar surface area (TPSA) is 206 Å². The number of Topliss-reactive ketones (excluding diaryl/α,β-unsaturated/α-hetero) is 1. The van der Waals surface area contributed by atoms with Gasteiger partial charge in [0.25, 0.3) is 0 Å². The molecule has 208 valence electrons. The number of benzene rings is 2. The first-order valence-corrected chi connectivity index (χ1v) is 12.4. The van der Waals surface area contributed by atoms with Crippen LogP contribution >= 0.6 is 0 Å². The minimum atomic E-state index is -2.24. The lowest BCUT2D eigenvalue weighted by molar-refractivity contribution is -0.247. The number of aromatic hydroxyl groups is 2. The lowest BCUT2D eigenvalue weighted by Crippen LogP contribution is -2.53. The number of rotatable bonds is 5. The van der Waals surface area contributed by atoms with Crippen LogP contribution in [-0.4, -0.2) is 86.7 Å². The molecule has 2 aromatic carbocycles. The van der Waals surface area contributed by atoms with Crippen LogP contribution in [0.15, 0.2) is 18.2 Å². The molecule has 1 unspecified atom stereocenters. The summed E-state index contributed by atoms with van der Waals surface area (Å²) in [5.74, 6) is -3.77. The molecule has 0 amide bonds. The van der Waals surface area contributed by atoms with Crippen molar-refractivity contribution >= 4 is 17.3 Å². The molecule has 2 aliphatic carbocycles. The highest BCUT2D eigenvalue weighted by Gasteiger charge is 2.50. The van der Waals surface area contributed by atoms with Gasteiger partial charge in [0, 0.05) is 42.0 Å². The second-order valence-corrected chi connectivity index (χ2v) is 10.2. The number of ketones is 3. The number of carbonyl (C=O) groups is 3.